The Morgan fingerprint density at radius 2 is 2.17 bits per heavy atom. The lowest BCUT2D eigenvalue weighted by Gasteiger charge is -2.24. The van der Waals surface area contributed by atoms with Crippen molar-refractivity contribution in [3.63, 3.8) is 0 Å². The highest BCUT2D eigenvalue weighted by Crippen LogP contribution is 2.17. The molecule has 1 saturated heterocycles. The summed E-state index contributed by atoms with van der Waals surface area (Å²) in [6.07, 6.45) is 1.93. The summed E-state index contributed by atoms with van der Waals surface area (Å²) in [5.41, 5.74) is 6.76. The largest absolute Gasteiger partial charge is 0.399 e. The zero-order chi connectivity index (χ0) is 12.7. The quantitative estimate of drug-likeness (QED) is 0.722. The molecule has 1 fully saturated rings. The number of imide groups is 1. The van der Waals surface area contributed by atoms with Crippen LogP contribution in [0.25, 0.3) is 5.65 Å². The van der Waals surface area contributed by atoms with E-state index in [1.807, 2.05) is 0 Å². The third kappa shape index (κ3) is 1.54. The van der Waals surface area contributed by atoms with Crippen LogP contribution < -0.4 is 16.0 Å². The van der Waals surface area contributed by atoms with E-state index in [9.17, 15) is 9.59 Å². The lowest BCUT2D eigenvalue weighted by atomic mass is 10.3. The van der Waals surface area contributed by atoms with Gasteiger partial charge in [-0.2, -0.15) is 0 Å². The van der Waals surface area contributed by atoms with Gasteiger partial charge in [-0.1, -0.05) is 0 Å². The number of urea groups is 1. The highest BCUT2D eigenvalue weighted by molar-refractivity contribution is 6.04. The van der Waals surface area contributed by atoms with Gasteiger partial charge in [0.25, 0.3) is 0 Å². The minimum absolute atomic E-state index is 0.246. The first kappa shape index (κ1) is 10.5. The zero-order valence-electron chi connectivity index (χ0n) is 9.33. The third-order valence-corrected chi connectivity index (χ3v) is 2.71. The molecule has 1 aliphatic heterocycles. The zero-order valence-corrected chi connectivity index (χ0v) is 9.33. The Bertz CT molecular complexity index is 649. The summed E-state index contributed by atoms with van der Waals surface area (Å²) in [6, 6.07) is 2.86. The smallest absolute Gasteiger partial charge is 0.330 e. The monoisotopic (exact) mass is 246 g/mol. The Kier molecular flexibility index (Phi) is 2.15. The number of hydrogen-bond acceptors (Lipinski definition) is 5. The number of nitrogens with zero attached hydrogens (tertiary/aromatic N) is 4. The van der Waals surface area contributed by atoms with Crippen LogP contribution in [0.15, 0.2) is 18.3 Å². The predicted molar refractivity (Wildman–Crippen MR) is 62.9 cm³/mol. The molecule has 18 heavy (non-hydrogen) atoms. The van der Waals surface area contributed by atoms with Crippen molar-refractivity contribution in [3.8, 4) is 0 Å². The lowest BCUT2D eigenvalue weighted by Crippen LogP contribution is -2.50. The normalized spacial score (nSPS) is 16.1. The number of nitrogens with two attached hydrogens (primary N) is 1. The average Bonchev–Trinajstić information content (AvgIpc) is 2.72. The minimum atomic E-state index is -0.489. The van der Waals surface area contributed by atoms with Crippen LogP contribution >= 0.6 is 0 Å². The number of carbonyl (C=O) groups is 2. The molecule has 2 aromatic heterocycles. The summed E-state index contributed by atoms with van der Waals surface area (Å²) in [7, 11) is 0. The van der Waals surface area contributed by atoms with Crippen LogP contribution in [0.4, 0.5) is 16.4 Å². The van der Waals surface area contributed by atoms with Gasteiger partial charge in [0.15, 0.2) is 5.65 Å². The van der Waals surface area contributed by atoms with Crippen molar-refractivity contribution < 1.29 is 9.59 Å². The van der Waals surface area contributed by atoms with Crippen molar-refractivity contribution >= 4 is 29.2 Å². The minimum Gasteiger partial charge on any atom is -0.399 e. The van der Waals surface area contributed by atoms with Gasteiger partial charge in [0.2, 0.25) is 11.9 Å². The maximum absolute atomic E-state index is 11.7. The molecule has 0 bridgehead atoms. The molecule has 8 nitrogen and oxygen atoms in total. The van der Waals surface area contributed by atoms with E-state index in [0.717, 1.165) is 0 Å². The van der Waals surface area contributed by atoms with Gasteiger partial charge >= 0.3 is 6.03 Å². The fraction of sp³-hybridized carbons (Fsp3) is 0.200. The summed E-state index contributed by atoms with van der Waals surface area (Å²) in [5, 5.41) is 10.1. The second-order valence-corrected chi connectivity index (χ2v) is 3.94. The molecule has 0 aromatic carbocycles. The lowest BCUT2D eigenvalue weighted by molar-refractivity contribution is -0.120. The number of rotatable bonds is 1. The van der Waals surface area contributed by atoms with Gasteiger partial charge in [-0.15, -0.1) is 10.2 Å². The standard InChI is InChI=1S/C10H10N6O2/c11-6-1-3-15-7(5-6)13-14-9(15)16-4-2-8(17)12-10(16)18/h1,3,5H,2,4,11H2,(H,12,17,18). The molecule has 0 aliphatic carbocycles. The molecule has 92 valence electrons. The summed E-state index contributed by atoms with van der Waals surface area (Å²) >= 11 is 0. The van der Waals surface area contributed by atoms with Gasteiger partial charge < -0.3 is 5.73 Å². The highest BCUT2D eigenvalue weighted by Gasteiger charge is 2.27. The fourth-order valence-electron chi connectivity index (χ4n) is 1.83. The number of hydrogen-bond donors (Lipinski definition) is 2. The molecular weight excluding hydrogens is 236 g/mol. The van der Waals surface area contributed by atoms with E-state index in [4.69, 9.17) is 5.73 Å². The molecule has 2 aromatic rings. The van der Waals surface area contributed by atoms with Crippen LogP contribution in [0.3, 0.4) is 0 Å². The van der Waals surface area contributed by atoms with Gasteiger partial charge in [0.1, 0.15) is 0 Å². The van der Waals surface area contributed by atoms with Crippen molar-refractivity contribution in [3.05, 3.63) is 18.3 Å². The number of nitrogen functional groups attached to an aromatic ring is 1. The van der Waals surface area contributed by atoms with Crippen molar-refractivity contribution in [1.82, 2.24) is 19.9 Å². The molecule has 0 saturated carbocycles. The fourth-order valence-corrected chi connectivity index (χ4v) is 1.83. The first-order chi connectivity index (χ1) is 8.65. The predicted octanol–water partition coefficient (Wildman–Crippen LogP) is -0.242. The topological polar surface area (TPSA) is 106 Å². The molecule has 0 unspecified atom stereocenters. The van der Waals surface area contributed by atoms with E-state index < -0.39 is 6.03 Å². The summed E-state index contributed by atoms with van der Waals surface area (Å²) in [4.78, 5) is 24.2. The number of fused-ring (bicyclic) bond motifs is 1. The number of nitrogens with one attached hydrogen (secondary N) is 1. The second-order valence-electron chi connectivity index (χ2n) is 3.94. The van der Waals surface area contributed by atoms with Crippen LogP contribution in [0.1, 0.15) is 6.42 Å². The molecule has 0 radical (unpaired) electrons. The highest BCUT2D eigenvalue weighted by atomic mass is 16.2. The molecule has 3 amide bonds. The van der Waals surface area contributed by atoms with Crippen molar-refractivity contribution in [2.75, 3.05) is 17.2 Å². The number of pyridine rings is 1. The van der Waals surface area contributed by atoms with Crippen LogP contribution in [0, 0.1) is 0 Å². The SMILES string of the molecule is Nc1ccn2c(N3CCC(=O)NC3=O)nnc2c1. The van der Waals surface area contributed by atoms with Gasteiger partial charge in [-0.3, -0.25) is 19.4 Å². The molecule has 1 aliphatic rings. The summed E-state index contributed by atoms with van der Waals surface area (Å²) in [5.74, 6) is 0.0873. The average molecular weight is 246 g/mol. The number of aromatic nitrogens is 3. The van der Waals surface area contributed by atoms with E-state index in [-0.39, 0.29) is 18.9 Å². The Morgan fingerprint density at radius 1 is 1.33 bits per heavy atom. The number of carbonyl (C=O) groups excluding carboxylic acids is 2. The van der Waals surface area contributed by atoms with Gasteiger partial charge in [-0.25, -0.2) is 4.79 Å². The maximum Gasteiger partial charge on any atom is 0.330 e. The van der Waals surface area contributed by atoms with E-state index in [1.54, 1.807) is 22.7 Å². The summed E-state index contributed by atoms with van der Waals surface area (Å²) in [6.45, 7) is 0.288. The van der Waals surface area contributed by atoms with Gasteiger partial charge in [0.05, 0.1) is 0 Å². The second kappa shape index (κ2) is 3.69. The van der Waals surface area contributed by atoms with Crippen LogP contribution in [-0.2, 0) is 4.79 Å². The Balaban J connectivity index is 2.04. The molecule has 0 atom stereocenters. The van der Waals surface area contributed by atoms with E-state index in [0.29, 0.717) is 17.3 Å². The molecule has 3 heterocycles. The third-order valence-electron chi connectivity index (χ3n) is 2.71. The van der Waals surface area contributed by atoms with Crippen molar-refractivity contribution in [1.29, 1.82) is 0 Å². The Morgan fingerprint density at radius 3 is 2.94 bits per heavy atom. The van der Waals surface area contributed by atoms with Crippen molar-refractivity contribution in [2.24, 2.45) is 0 Å². The summed E-state index contributed by atoms with van der Waals surface area (Å²) < 4.78 is 1.64. The van der Waals surface area contributed by atoms with Crippen LogP contribution in [-0.4, -0.2) is 33.1 Å². The number of amides is 3. The molecular formula is C10H10N6O2. The molecule has 0 spiro atoms. The molecule has 3 N–H and O–H groups in total. The first-order valence-corrected chi connectivity index (χ1v) is 5.37. The first-order valence-electron chi connectivity index (χ1n) is 5.37. The van der Waals surface area contributed by atoms with Crippen LogP contribution in [0.5, 0.6) is 0 Å². The van der Waals surface area contributed by atoms with Gasteiger partial charge in [-0.05, 0) is 6.07 Å². The van der Waals surface area contributed by atoms with E-state index >= 15 is 0 Å². The number of anilines is 2. The Hall–Kier alpha value is -2.64. The maximum atomic E-state index is 11.7. The van der Waals surface area contributed by atoms with E-state index in [1.165, 1.54) is 4.90 Å². The van der Waals surface area contributed by atoms with Crippen molar-refractivity contribution in [2.45, 2.75) is 6.42 Å². The molecule has 3 rings (SSSR count). The Labute approximate surface area is 101 Å². The van der Waals surface area contributed by atoms with Gasteiger partial charge in [0, 0.05) is 30.9 Å². The van der Waals surface area contributed by atoms with Crippen LogP contribution in [0.2, 0.25) is 0 Å². The molecule has 8 heteroatoms. The van der Waals surface area contributed by atoms with E-state index in [2.05, 4.69) is 15.5 Å².